The van der Waals surface area contributed by atoms with Crippen LogP contribution >= 0.6 is 11.6 Å². The number of hydrogen-bond donors (Lipinski definition) is 1. The molecule has 0 aliphatic carbocycles. The molecule has 22 heavy (non-hydrogen) atoms. The number of amides is 1. The van der Waals surface area contributed by atoms with E-state index < -0.39 is 23.3 Å². The van der Waals surface area contributed by atoms with Crippen LogP contribution in [0.5, 0.6) is 0 Å². The van der Waals surface area contributed by atoms with Crippen LogP contribution in [0.1, 0.15) is 27.3 Å². The van der Waals surface area contributed by atoms with Crippen molar-refractivity contribution in [2.45, 2.75) is 19.6 Å². The summed E-state index contributed by atoms with van der Waals surface area (Å²) >= 11 is 5.95. The molecular formula is C14H13ClF3N3O. The summed E-state index contributed by atoms with van der Waals surface area (Å²) in [5.74, 6) is -0.835. The molecule has 2 aromatic rings. The summed E-state index contributed by atoms with van der Waals surface area (Å²) in [7, 11) is 1.36. The van der Waals surface area contributed by atoms with Crippen LogP contribution in [0, 0.1) is 6.92 Å². The Morgan fingerprint density at radius 1 is 1.36 bits per heavy atom. The molecule has 0 atom stereocenters. The average Bonchev–Trinajstić information content (AvgIpc) is 2.74. The van der Waals surface area contributed by atoms with Gasteiger partial charge in [0, 0.05) is 24.3 Å². The van der Waals surface area contributed by atoms with Gasteiger partial charge in [-0.3, -0.25) is 9.48 Å². The van der Waals surface area contributed by atoms with Crippen LogP contribution < -0.4 is 5.32 Å². The summed E-state index contributed by atoms with van der Waals surface area (Å²) in [6, 6.07) is 6.77. The molecule has 118 valence electrons. The third kappa shape index (κ3) is 3.24. The Balaban J connectivity index is 2.25. The van der Waals surface area contributed by atoms with E-state index in [0.29, 0.717) is 10.6 Å². The number of halogens is 4. The highest BCUT2D eigenvalue weighted by Gasteiger charge is 2.40. The van der Waals surface area contributed by atoms with Crippen molar-refractivity contribution >= 4 is 17.5 Å². The quantitative estimate of drug-likeness (QED) is 0.937. The van der Waals surface area contributed by atoms with E-state index in [1.54, 1.807) is 24.3 Å². The van der Waals surface area contributed by atoms with E-state index in [-0.39, 0.29) is 12.2 Å². The lowest BCUT2D eigenvalue weighted by Crippen LogP contribution is -2.26. The molecule has 0 aliphatic rings. The van der Waals surface area contributed by atoms with Crippen LogP contribution in [-0.4, -0.2) is 15.7 Å². The molecule has 1 aromatic heterocycles. The highest BCUT2D eigenvalue weighted by atomic mass is 35.5. The van der Waals surface area contributed by atoms with E-state index in [9.17, 15) is 18.0 Å². The van der Waals surface area contributed by atoms with E-state index in [4.69, 9.17) is 11.6 Å². The molecule has 1 amide bonds. The summed E-state index contributed by atoms with van der Waals surface area (Å²) in [4.78, 5) is 12.1. The maximum Gasteiger partial charge on any atom is 0.435 e. The van der Waals surface area contributed by atoms with Gasteiger partial charge in [0.2, 0.25) is 0 Å². The van der Waals surface area contributed by atoms with Crippen molar-refractivity contribution in [3.05, 3.63) is 51.8 Å². The topological polar surface area (TPSA) is 46.9 Å². The monoisotopic (exact) mass is 331 g/mol. The summed E-state index contributed by atoms with van der Waals surface area (Å²) in [5, 5.41) is 6.26. The van der Waals surface area contributed by atoms with Gasteiger partial charge in [-0.1, -0.05) is 29.8 Å². The minimum absolute atomic E-state index is 0.0319. The molecule has 1 N–H and O–H groups in total. The van der Waals surface area contributed by atoms with Crippen molar-refractivity contribution in [2.24, 2.45) is 7.05 Å². The zero-order valence-electron chi connectivity index (χ0n) is 11.8. The van der Waals surface area contributed by atoms with Crippen molar-refractivity contribution in [2.75, 3.05) is 0 Å². The van der Waals surface area contributed by atoms with Gasteiger partial charge in [0.05, 0.1) is 5.56 Å². The van der Waals surface area contributed by atoms with E-state index in [0.717, 1.165) is 4.68 Å². The number of hydrogen-bond acceptors (Lipinski definition) is 2. The number of carbonyl (C=O) groups is 1. The number of aromatic nitrogens is 2. The molecule has 0 bridgehead atoms. The van der Waals surface area contributed by atoms with Crippen LogP contribution in [-0.2, 0) is 19.8 Å². The molecule has 0 saturated carbocycles. The largest absolute Gasteiger partial charge is 0.435 e. The van der Waals surface area contributed by atoms with Crippen molar-refractivity contribution in [1.82, 2.24) is 15.1 Å². The second-order valence-electron chi connectivity index (χ2n) is 4.70. The molecule has 0 spiro atoms. The second-order valence-corrected chi connectivity index (χ2v) is 5.11. The fourth-order valence-corrected chi connectivity index (χ4v) is 2.19. The van der Waals surface area contributed by atoms with Gasteiger partial charge < -0.3 is 5.32 Å². The molecule has 0 fully saturated rings. The first-order chi connectivity index (χ1) is 10.2. The van der Waals surface area contributed by atoms with E-state index in [1.165, 1.54) is 14.0 Å². The first kappa shape index (κ1) is 16.4. The standard InChI is InChI=1S/C14H13ClF3N3O/c1-8-11(12(14(16,17)18)20-21(8)2)13(22)19-7-9-5-3-4-6-10(9)15/h3-6H,7H2,1-2H3,(H,19,22). The highest BCUT2D eigenvalue weighted by molar-refractivity contribution is 6.31. The Morgan fingerprint density at radius 2 is 2.00 bits per heavy atom. The van der Waals surface area contributed by atoms with Crippen LogP contribution in [0.25, 0.3) is 0 Å². The van der Waals surface area contributed by atoms with Gasteiger partial charge in [0.25, 0.3) is 5.91 Å². The van der Waals surface area contributed by atoms with Gasteiger partial charge in [-0.15, -0.1) is 0 Å². The van der Waals surface area contributed by atoms with Crippen LogP contribution in [0.15, 0.2) is 24.3 Å². The summed E-state index contributed by atoms with van der Waals surface area (Å²) in [6.45, 7) is 1.44. The summed E-state index contributed by atoms with van der Waals surface area (Å²) in [6.07, 6.45) is -4.69. The Bertz CT molecular complexity index is 710. The molecule has 0 saturated heterocycles. The lowest BCUT2D eigenvalue weighted by molar-refractivity contribution is -0.141. The van der Waals surface area contributed by atoms with Gasteiger partial charge in [0.15, 0.2) is 5.69 Å². The number of nitrogens with one attached hydrogen (secondary N) is 1. The second kappa shape index (κ2) is 6.00. The summed E-state index contributed by atoms with van der Waals surface area (Å²) < 4.78 is 39.9. The van der Waals surface area contributed by atoms with Crippen LogP contribution in [0.2, 0.25) is 5.02 Å². The fourth-order valence-electron chi connectivity index (χ4n) is 1.98. The third-order valence-electron chi connectivity index (χ3n) is 3.23. The van der Waals surface area contributed by atoms with Crippen molar-refractivity contribution in [3.8, 4) is 0 Å². The molecule has 2 rings (SSSR count). The van der Waals surface area contributed by atoms with Gasteiger partial charge in [0.1, 0.15) is 0 Å². The maximum atomic E-state index is 13.0. The number of benzene rings is 1. The normalized spacial score (nSPS) is 11.5. The average molecular weight is 332 g/mol. The van der Waals surface area contributed by atoms with Crippen LogP contribution in [0.3, 0.4) is 0 Å². The molecule has 1 aromatic carbocycles. The smallest absolute Gasteiger partial charge is 0.348 e. The number of alkyl halides is 3. The predicted octanol–water partition coefficient (Wildman–Crippen LogP) is 3.33. The zero-order valence-corrected chi connectivity index (χ0v) is 12.6. The van der Waals surface area contributed by atoms with Crippen LogP contribution in [0.4, 0.5) is 13.2 Å². The Labute approximate surface area is 129 Å². The third-order valence-corrected chi connectivity index (χ3v) is 3.60. The fraction of sp³-hybridized carbons (Fsp3) is 0.286. The first-order valence-electron chi connectivity index (χ1n) is 6.34. The minimum atomic E-state index is -4.69. The molecule has 0 aliphatic heterocycles. The van der Waals surface area contributed by atoms with Gasteiger partial charge in [-0.05, 0) is 18.6 Å². The summed E-state index contributed by atoms with van der Waals surface area (Å²) in [5.41, 5.74) is -0.900. The number of aryl methyl sites for hydroxylation is 1. The molecule has 4 nitrogen and oxygen atoms in total. The molecule has 8 heteroatoms. The van der Waals surface area contributed by atoms with Crippen molar-refractivity contribution in [1.29, 1.82) is 0 Å². The maximum absolute atomic E-state index is 13.0. The molecular weight excluding hydrogens is 319 g/mol. The van der Waals surface area contributed by atoms with E-state index in [1.807, 2.05) is 0 Å². The number of rotatable bonds is 3. The van der Waals surface area contributed by atoms with E-state index >= 15 is 0 Å². The molecule has 0 unspecified atom stereocenters. The Morgan fingerprint density at radius 3 is 2.59 bits per heavy atom. The molecule has 1 heterocycles. The molecule has 0 radical (unpaired) electrons. The zero-order chi connectivity index (χ0) is 16.5. The number of nitrogens with zero attached hydrogens (tertiary/aromatic N) is 2. The SMILES string of the molecule is Cc1c(C(=O)NCc2ccccc2Cl)c(C(F)(F)F)nn1C. The highest BCUT2D eigenvalue weighted by Crippen LogP contribution is 2.32. The Hall–Kier alpha value is -2.02. The van der Waals surface area contributed by atoms with Gasteiger partial charge >= 0.3 is 6.18 Å². The van der Waals surface area contributed by atoms with Crippen molar-refractivity contribution in [3.63, 3.8) is 0 Å². The van der Waals surface area contributed by atoms with E-state index in [2.05, 4.69) is 10.4 Å². The lowest BCUT2D eigenvalue weighted by atomic mass is 10.1. The first-order valence-corrected chi connectivity index (χ1v) is 6.72. The van der Waals surface area contributed by atoms with Gasteiger partial charge in [-0.25, -0.2) is 0 Å². The van der Waals surface area contributed by atoms with Crippen molar-refractivity contribution < 1.29 is 18.0 Å². The lowest BCUT2D eigenvalue weighted by Gasteiger charge is -2.09. The van der Waals surface area contributed by atoms with Gasteiger partial charge in [-0.2, -0.15) is 18.3 Å². The predicted molar refractivity (Wildman–Crippen MR) is 75.6 cm³/mol. The Kier molecular flexibility index (Phi) is 4.46. The minimum Gasteiger partial charge on any atom is -0.348 e. The number of carbonyl (C=O) groups excluding carboxylic acids is 1.